The highest BCUT2D eigenvalue weighted by atomic mass is 35.5. The van der Waals surface area contributed by atoms with Crippen LogP contribution in [-0.4, -0.2) is 167 Å². The van der Waals surface area contributed by atoms with Crippen molar-refractivity contribution in [2.75, 3.05) is 127 Å². The van der Waals surface area contributed by atoms with Crippen LogP contribution in [0.2, 0.25) is 10.0 Å². The SMILES string of the molecule is CCCCCCCCCCCCOOCc1ccc(Cl)c(NC(=O)c2nc3ccc(N(CC)CC)cc3n(CC)c2=O)c1.CCN(CC)c1ccc2nc(-c3nc4ccccc4s3)c(=O)n(CC)c2c1.CCN(CC)c1ccc2nc(C(=O)N(C)C)c(=O)n(CC)c2c1.CCN(CC)c1ccc2nc(C(=O)Nc3cc(C)ccc3Cl)c(=O)n(CC)c2c1.CCN(CC)c1ccc2nc(C(=O)Nc3ccccc3)c(=O)n(CC)c2c1. The first-order chi connectivity index (χ1) is 72.0. The highest BCUT2D eigenvalue weighted by Crippen LogP contribution is 2.33. The molecule has 15 rings (SSSR count). The Morgan fingerprint density at radius 2 is 0.671 bits per heavy atom. The second-order valence-electron chi connectivity index (χ2n) is 35.8. The van der Waals surface area contributed by atoms with Crippen LogP contribution in [0.5, 0.6) is 0 Å². The van der Waals surface area contributed by atoms with Gasteiger partial charge >= 0.3 is 0 Å². The van der Waals surface area contributed by atoms with E-state index < -0.39 is 28.8 Å². The highest BCUT2D eigenvalue weighted by Gasteiger charge is 2.27. The van der Waals surface area contributed by atoms with Crippen LogP contribution in [0.4, 0.5) is 45.5 Å². The third-order valence-corrected chi connectivity index (χ3v) is 27.9. The smallest absolute Gasteiger partial charge is 0.282 e. The molecule has 6 aromatic heterocycles. The zero-order valence-electron chi connectivity index (χ0n) is 89.7. The zero-order valence-corrected chi connectivity index (χ0v) is 92.0. The summed E-state index contributed by atoms with van der Waals surface area (Å²) in [6.07, 6.45) is 12.6. The summed E-state index contributed by atoms with van der Waals surface area (Å²) < 4.78 is 9.26. The summed E-state index contributed by atoms with van der Waals surface area (Å²) in [5.41, 5.74) is 14.7. The Morgan fingerprint density at radius 1 is 0.336 bits per heavy atom. The fraction of sp³-hybridized carbons (Fsp3) is 0.400. The van der Waals surface area contributed by atoms with Crippen LogP contribution >= 0.6 is 34.5 Å². The fourth-order valence-electron chi connectivity index (χ4n) is 17.9. The molecule has 15 aromatic rings. The first kappa shape index (κ1) is 115. The molecule has 0 fully saturated rings. The molecule has 0 aliphatic rings. The van der Waals surface area contributed by atoms with Gasteiger partial charge in [0, 0.05) is 146 Å². The summed E-state index contributed by atoms with van der Waals surface area (Å²) in [6.45, 7) is 46.7. The Labute approximate surface area is 886 Å². The molecule has 0 unspecified atom stereocenters. The molecule has 0 aliphatic heterocycles. The number of nitrogens with zero attached hydrogens (tertiary/aromatic N) is 17. The van der Waals surface area contributed by atoms with Crippen molar-refractivity contribution in [3.05, 3.63) is 278 Å². The molecular weight excluding hydrogens is 1940 g/mol. The van der Waals surface area contributed by atoms with Crippen molar-refractivity contribution in [3.8, 4) is 10.7 Å². The molecule has 0 atom stereocenters. The monoisotopic (exact) mass is 2080 g/mol. The zero-order chi connectivity index (χ0) is 108. The highest BCUT2D eigenvalue weighted by molar-refractivity contribution is 7.21. The van der Waals surface area contributed by atoms with Gasteiger partial charge in [-0.1, -0.05) is 130 Å². The average molecular weight is 2090 g/mol. The van der Waals surface area contributed by atoms with E-state index in [1.165, 1.54) is 67.6 Å². The molecule has 790 valence electrons. The van der Waals surface area contributed by atoms with Gasteiger partial charge in [0.25, 0.3) is 51.4 Å². The molecule has 0 spiro atoms. The fourth-order valence-corrected chi connectivity index (χ4v) is 19.2. The molecule has 9 aromatic carbocycles. The van der Waals surface area contributed by atoms with E-state index in [0.717, 1.165) is 150 Å². The van der Waals surface area contributed by atoms with Crippen LogP contribution in [-0.2, 0) is 49.1 Å². The van der Waals surface area contributed by atoms with Crippen LogP contribution in [0.15, 0.2) is 206 Å². The number of benzene rings is 9. The number of hydrogen-bond acceptors (Lipinski definition) is 23. The standard InChI is InChI=1S/C34H49ClN4O4.C22H25ClN4O2.C21H24N4O2.C21H22N4OS.C17H24N4O2/c1-5-9-10-11-12-13-14-15-16-17-22-42-43-25-26-18-20-28(35)30(23-26)37-33(40)32-34(41)39(8-4)31-24-27(38(6-2)7-3)19-21-29(31)36-32;1-5-26(6-2)15-9-11-17-19(13-15)27(7-3)22(29)20(24-17)21(28)25-18-12-14(4)8-10-16(18)23;1-4-24(5-2)16-12-13-17-18(14-16)25(6-3)21(27)19(23-17)20(26)22-15-10-8-7-9-11-15;1-4-24(5-2)14-11-12-15-17(13-14)25(6-3)21(26)19(22-15)20-23-16-9-7-8-10-18(16)27-20;1-6-20(7-2)12-9-10-13-14(11-12)21(8-3)17(23)15(18-13)16(22)19(4)5/h18-21,23-24H,5-17,22,25H2,1-4H3,(H,37,40);8-13H,5-7H2,1-4H3,(H,25,28);7-14H,4-6H2,1-3H3,(H,22,26);7-13H,4-6H2,1-3H3;9-11H,6-8H2,1-5H3. The predicted molar refractivity (Wildman–Crippen MR) is 613 cm³/mol. The van der Waals surface area contributed by atoms with Crippen molar-refractivity contribution in [1.82, 2.24) is 57.6 Å². The summed E-state index contributed by atoms with van der Waals surface area (Å²) in [4.78, 5) is 166. The lowest BCUT2D eigenvalue weighted by Gasteiger charge is -2.22. The second-order valence-corrected chi connectivity index (χ2v) is 37.6. The van der Waals surface area contributed by atoms with Gasteiger partial charge in [-0.05, 0) is 268 Å². The Bertz CT molecular complexity index is 7420. The minimum absolute atomic E-state index is 0.0278. The molecule has 4 amide bonds. The molecule has 0 saturated heterocycles. The van der Waals surface area contributed by atoms with E-state index >= 15 is 0 Å². The first-order valence-electron chi connectivity index (χ1n) is 52.3. The third kappa shape index (κ3) is 28.7. The van der Waals surface area contributed by atoms with Crippen molar-refractivity contribution in [2.24, 2.45) is 0 Å². The number of fused-ring (bicyclic) bond motifs is 6. The second kappa shape index (κ2) is 56.4. The van der Waals surface area contributed by atoms with E-state index in [0.29, 0.717) is 110 Å². The Balaban J connectivity index is 0.000000180. The summed E-state index contributed by atoms with van der Waals surface area (Å²) >= 11 is 14.1. The van der Waals surface area contributed by atoms with Gasteiger partial charge in [-0.25, -0.2) is 39.7 Å². The van der Waals surface area contributed by atoms with E-state index in [4.69, 9.17) is 38.0 Å². The maximum atomic E-state index is 13.3. The van der Waals surface area contributed by atoms with Gasteiger partial charge in [0.05, 0.1) is 93.4 Å². The number of amides is 4. The molecule has 0 aliphatic carbocycles. The third-order valence-electron chi connectivity index (χ3n) is 26.2. The topological polar surface area (TPSA) is 330 Å². The van der Waals surface area contributed by atoms with E-state index in [9.17, 15) is 43.2 Å². The molecule has 3 N–H and O–H groups in total. The molecule has 0 saturated carbocycles. The lowest BCUT2D eigenvalue weighted by atomic mass is 10.1. The quantitative estimate of drug-likeness (QED) is 0.0182. The van der Waals surface area contributed by atoms with Crippen molar-refractivity contribution in [2.45, 2.75) is 221 Å². The lowest BCUT2D eigenvalue weighted by Crippen LogP contribution is -2.34. The lowest BCUT2D eigenvalue weighted by molar-refractivity contribution is -0.304. The van der Waals surface area contributed by atoms with Crippen molar-refractivity contribution < 1.29 is 29.0 Å². The number of aromatic nitrogens is 11. The summed E-state index contributed by atoms with van der Waals surface area (Å²) in [7, 11) is 3.24. The van der Waals surface area contributed by atoms with Crippen molar-refractivity contribution in [1.29, 1.82) is 0 Å². The average Bonchev–Trinajstić information content (AvgIpc) is 1.77. The molecular formula is C115H144Cl2N20O11S. The number of aryl methyl sites for hydroxylation is 6. The van der Waals surface area contributed by atoms with Gasteiger partial charge in [0.2, 0.25) is 0 Å². The normalized spacial score (nSPS) is 11.1. The number of hydrogen-bond donors (Lipinski definition) is 3. The van der Waals surface area contributed by atoms with Crippen molar-refractivity contribution in [3.63, 3.8) is 0 Å². The minimum atomic E-state index is -0.612. The molecule has 0 radical (unpaired) electrons. The maximum Gasteiger partial charge on any atom is 0.282 e. The number of carbonyl (C=O) groups excluding carboxylic acids is 4. The molecule has 0 bridgehead atoms. The van der Waals surface area contributed by atoms with Crippen LogP contribution < -0.4 is 68.2 Å². The van der Waals surface area contributed by atoms with Crippen LogP contribution in [0, 0.1) is 6.92 Å². The number of anilines is 8. The van der Waals surface area contributed by atoms with Gasteiger partial charge in [0.15, 0.2) is 28.5 Å². The summed E-state index contributed by atoms with van der Waals surface area (Å²) in [5, 5.41) is 9.66. The summed E-state index contributed by atoms with van der Waals surface area (Å²) in [6, 6.07) is 56.9. The molecule has 149 heavy (non-hydrogen) atoms. The number of unbranched alkanes of at least 4 members (excludes halogenated alkanes) is 9. The molecule has 34 heteroatoms. The largest absolute Gasteiger partial charge is 0.372 e. The molecule has 6 heterocycles. The van der Waals surface area contributed by atoms with Crippen LogP contribution in [0.25, 0.3) is 76.1 Å². The summed E-state index contributed by atoms with van der Waals surface area (Å²) in [5.74, 6) is -2.05. The van der Waals surface area contributed by atoms with Gasteiger partial charge < -0.3 is 68.2 Å². The Kier molecular flexibility index (Phi) is 43.6. The van der Waals surface area contributed by atoms with Gasteiger partial charge in [0.1, 0.15) is 11.6 Å². The van der Waals surface area contributed by atoms with E-state index in [-0.39, 0.29) is 52.0 Å². The Hall–Kier alpha value is -14.1. The molecule has 31 nitrogen and oxygen atoms in total. The first-order valence-corrected chi connectivity index (χ1v) is 53.9. The number of thiazole rings is 1. The minimum Gasteiger partial charge on any atom is -0.372 e. The van der Waals surface area contributed by atoms with E-state index in [2.05, 4.69) is 154 Å². The number of halogens is 2. The number of carbonyl (C=O) groups is 4. The maximum absolute atomic E-state index is 13.3. The van der Waals surface area contributed by atoms with Crippen molar-refractivity contribution >= 4 is 169 Å². The van der Waals surface area contributed by atoms with Crippen LogP contribution in [0.3, 0.4) is 0 Å². The predicted octanol–water partition coefficient (Wildman–Crippen LogP) is 23.0. The number of rotatable bonds is 42. The van der Waals surface area contributed by atoms with Crippen LogP contribution in [0.1, 0.15) is 228 Å². The van der Waals surface area contributed by atoms with Gasteiger partial charge in [-0.2, -0.15) is 0 Å². The number of nitrogens with one attached hydrogen (secondary N) is 3. The Morgan fingerprint density at radius 3 is 1.05 bits per heavy atom. The number of para-hydroxylation sites is 2. The van der Waals surface area contributed by atoms with E-state index in [1.807, 2.05) is 175 Å². The van der Waals surface area contributed by atoms with Gasteiger partial charge in [-0.3, -0.25) is 43.2 Å². The van der Waals surface area contributed by atoms with Gasteiger partial charge in [-0.15, -0.1) is 11.3 Å². The van der Waals surface area contributed by atoms with E-state index in [1.54, 1.807) is 73.3 Å².